The molecular weight excluding hydrogens is 208 g/mol. The van der Waals surface area contributed by atoms with Crippen molar-refractivity contribution in [1.82, 2.24) is 0 Å². The first-order valence-corrected chi connectivity index (χ1v) is 6.66. The highest BCUT2D eigenvalue weighted by atomic mass is 35.5. The average molecular weight is 235 g/mol. The lowest BCUT2D eigenvalue weighted by atomic mass is 9.71. The summed E-state index contributed by atoms with van der Waals surface area (Å²) in [4.78, 5) is 0. The number of methoxy groups -OCH3 is 1. The quantitative estimate of drug-likeness (QED) is 0.557. The Kier molecular flexibility index (Phi) is 6.86. The standard InChI is InChI=1S/C13H27ClO/c1-6-12(4,15-5)11-13(7-2,8-3)9-10-14/h6-11H2,1-5H3. The normalized spacial score (nSPS) is 16.4. The topological polar surface area (TPSA) is 9.23 Å². The molecule has 0 heterocycles. The van der Waals surface area contributed by atoms with Gasteiger partial charge < -0.3 is 4.74 Å². The molecule has 1 nitrogen and oxygen atoms in total. The summed E-state index contributed by atoms with van der Waals surface area (Å²) >= 11 is 5.92. The lowest BCUT2D eigenvalue weighted by molar-refractivity contribution is -0.0410. The van der Waals surface area contributed by atoms with E-state index in [0.29, 0.717) is 5.41 Å². The van der Waals surface area contributed by atoms with Gasteiger partial charge in [0.2, 0.25) is 0 Å². The molecule has 0 aromatic carbocycles. The van der Waals surface area contributed by atoms with Gasteiger partial charge in [-0.15, -0.1) is 11.6 Å². The van der Waals surface area contributed by atoms with Gasteiger partial charge in [0.25, 0.3) is 0 Å². The predicted molar refractivity (Wildman–Crippen MR) is 68.7 cm³/mol. The van der Waals surface area contributed by atoms with E-state index in [2.05, 4.69) is 27.7 Å². The van der Waals surface area contributed by atoms with E-state index in [1.807, 2.05) is 7.11 Å². The van der Waals surface area contributed by atoms with Gasteiger partial charge in [0.05, 0.1) is 5.60 Å². The van der Waals surface area contributed by atoms with E-state index in [4.69, 9.17) is 16.3 Å². The number of halogens is 1. The molecule has 1 unspecified atom stereocenters. The summed E-state index contributed by atoms with van der Waals surface area (Å²) in [7, 11) is 1.82. The van der Waals surface area contributed by atoms with Crippen LogP contribution in [0, 0.1) is 5.41 Å². The monoisotopic (exact) mass is 234 g/mol. The number of alkyl halides is 1. The number of hydrogen-bond acceptors (Lipinski definition) is 1. The summed E-state index contributed by atoms with van der Waals surface area (Å²) in [5.41, 5.74) is 0.376. The lowest BCUT2D eigenvalue weighted by Crippen LogP contribution is -2.35. The van der Waals surface area contributed by atoms with Crippen LogP contribution in [0.1, 0.15) is 59.8 Å². The first kappa shape index (κ1) is 15.2. The molecule has 1 atom stereocenters. The number of hydrogen-bond donors (Lipinski definition) is 0. The molecule has 0 saturated carbocycles. The zero-order valence-electron chi connectivity index (χ0n) is 11.0. The summed E-state index contributed by atoms with van der Waals surface area (Å²) in [6.07, 6.45) is 5.66. The Labute approximate surface area is 101 Å². The minimum Gasteiger partial charge on any atom is -0.379 e. The second-order valence-corrected chi connectivity index (χ2v) is 5.21. The van der Waals surface area contributed by atoms with Crippen molar-refractivity contribution in [2.45, 2.75) is 65.4 Å². The van der Waals surface area contributed by atoms with E-state index < -0.39 is 0 Å². The number of rotatable bonds is 8. The molecule has 0 aliphatic rings. The largest absolute Gasteiger partial charge is 0.379 e. The first-order valence-electron chi connectivity index (χ1n) is 6.12. The maximum atomic E-state index is 5.92. The molecule has 0 amide bonds. The van der Waals surface area contributed by atoms with Crippen LogP contribution in [0.2, 0.25) is 0 Å². The van der Waals surface area contributed by atoms with Gasteiger partial charge in [-0.1, -0.05) is 33.6 Å². The highest BCUT2D eigenvalue weighted by Gasteiger charge is 2.34. The Morgan fingerprint density at radius 2 is 1.60 bits per heavy atom. The molecule has 0 aromatic heterocycles. The predicted octanol–water partition coefficient (Wildman–Crippen LogP) is 4.63. The van der Waals surface area contributed by atoms with Crippen LogP contribution in [0.25, 0.3) is 0 Å². The second-order valence-electron chi connectivity index (χ2n) is 4.83. The third kappa shape index (κ3) is 4.32. The van der Waals surface area contributed by atoms with Crippen LogP contribution in [-0.4, -0.2) is 18.6 Å². The Balaban J connectivity index is 4.63. The third-order valence-corrected chi connectivity index (χ3v) is 4.30. The van der Waals surface area contributed by atoms with Gasteiger partial charge >= 0.3 is 0 Å². The molecule has 0 spiro atoms. The lowest BCUT2D eigenvalue weighted by Gasteiger charge is -2.40. The van der Waals surface area contributed by atoms with E-state index in [1.165, 1.54) is 12.8 Å². The molecule has 0 aliphatic heterocycles. The van der Waals surface area contributed by atoms with Gasteiger partial charge in [0, 0.05) is 13.0 Å². The highest BCUT2D eigenvalue weighted by Crippen LogP contribution is 2.41. The zero-order chi connectivity index (χ0) is 11.9. The fourth-order valence-corrected chi connectivity index (χ4v) is 2.68. The minimum absolute atomic E-state index is 0.0120. The Bertz CT molecular complexity index is 160. The summed E-state index contributed by atoms with van der Waals surface area (Å²) in [5.74, 6) is 0.755. The van der Waals surface area contributed by atoms with Crippen LogP contribution in [-0.2, 0) is 4.74 Å². The van der Waals surface area contributed by atoms with Crippen LogP contribution in [0.4, 0.5) is 0 Å². The molecule has 0 rings (SSSR count). The Hall–Kier alpha value is 0.250. The van der Waals surface area contributed by atoms with Crippen molar-refractivity contribution in [3.8, 4) is 0 Å². The summed E-state index contributed by atoms with van der Waals surface area (Å²) in [6, 6.07) is 0. The molecule has 15 heavy (non-hydrogen) atoms. The molecule has 0 saturated heterocycles. The van der Waals surface area contributed by atoms with Crippen LogP contribution in [0.3, 0.4) is 0 Å². The van der Waals surface area contributed by atoms with Crippen molar-refractivity contribution < 1.29 is 4.74 Å². The molecule has 0 bridgehead atoms. The van der Waals surface area contributed by atoms with Gasteiger partial charge in [0.15, 0.2) is 0 Å². The van der Waals surface area contributed by atoms with Gasteiger partial charge in [-0.3, -0.25) is 0 Å². The van der Waals surface area contributed by atoms with E-state index >= 15 is 0 Å². The van der Waals surface area contributed by atoms with Crippen molar-refractivity contribution >= 4 is 11.6 Å². The summed E-state index contributed by atoms with van der Waals surface area (Å²) in [6.45, 7) is 8.94. The Morgan fingerprint density at radius 1 is 1.07 bits per heavy atom. The van der Waals surface area contributed by atoms with Crippen molar-refractivity contribution in [2.75, 3.05) is 13.0 Å². The SMILES string of the molecule is CCC(CC)(CCCl)CC(C)(CC)OC. The minimum atomic E-state index is 0.0120. The zero-order valence-corrected chi connectivity index (χ0v) is 11.8. The number of ether oxygens (including phenoxy) is 1. The first-order chi connectivity index (χ1) is 7.01. The van der Waals surface area contributed by atoms with Gasteiger partial charge in [-0.2, -0.15) is 0 Å². The maximum Gasteiger partial charge on any atom is 0.0653 e. The molecule has 2 heteroatoms. The van der Waals surface area contributed by atoms with Crippen LogP contribution >= 0.6 is 11.6 Å². The molecule has 0 radical (unpaired) electrons. The van der Waals surface area contributed by atoms with Crippen LogP contribution in [0.15, 0.2) is 0 Å². The highest BCUT2D eigenvalue weighted by molar-refractivity contribution is 6.17. The van der Waals surface area contributed by atoms with E-state index in [0.717, 1.165) is 25.1 Å². The summed E-state index contributed by atoms with van der Waals surface area (Å²) < 4.78 is 5.65. The van der Waals surface area contributed by atoms with Gasteiger partial charge in [0.1, 0.15) is 0 Å². The second kappa shape index (κ2) is 6.75. The molecular formula is C13H27ClO. The van der Waals surface area contributed by atoms with Crippen molar-refractivity contribution in [3.63, 3.8) is 0 Å². The van der Waals surface area contributed by atoms with Gasteiger partial charge in [-0.25, -0.2) is 0 Å². The fraction of sp³-hybridized carbons (Fsp3) is 1.00. The van der Waals surface area contributed by atoms with E-state index in [-0.39, 0.29) is 5.60 Å². The van der Waals surface area contributed by atoms with E-state index in [9.17, 15) is 0 Å². The van der Waals surface area contributed by atoms with Crippen molar-refractivity contribution in [3.05, 3.63) is 0 Å². The maximum absolute atomic E-state index is 5.92. The Morgan fingerprint density at radius 3 is 1.87 bits per heavy atom. The van der Waals surface area contributed by atoms with Crippen LogP contribution < -0.4 is 0 Å². The molecule has 0 aromatic rings. The molecule has 0 aliphatic carbocycles. The third-order valence-electron chi connectivity index (χ3n) is 4.11. The van der Waals surface area contributed by atoms with Crippen LogP contribution in [0.5, 0.6) is 0 Å². The molecule has 92 valence electrons. The average Bonchev–Trinajstić information content (AvgIpc) is 2.28. The van der Waals surface area contributed by atoms with Crippen molar-refractivity contribution in [2.24, 2.45) is 5.41 Å². The molecule has 0 fully saturated rings. The summed E-state index contributed by atoms with van der Waals surface area (Å²) in [5, 5.41) is 0. The van der Waals surface area contributed by atoms with Gasteiger partial charge in [-0.05, 0) is 31.6 Å². The van der Waals surface area contributed by atoms with E-state index in [1.54, 1.807) is 0 Å². The van der Waals surface area contributed by atoms with Crippen molar-refractivity contribution in [1.29, 1.82) is 0 Å². The molecule has 0 N–H and O–H groups in total. The fourth-order valence-electron chi connectivity index (χ4n) is 2.28. The smallest absolute Gasteiger partial charge is 0.0653 e.